The average Bonchev–Trinajstić information content (AvgIpc) is 3.28. The zero-order chi connectivity index (χ0) is 24.7. The molecule has 3 rings (SSSR count). The summed E-state index contributed by atoms with van der Waals surface area (Å²) < 4.78 is 21.9. The summed E-state index contributed by atoms with van der Waals surface area (Å²) in [4.78, 5) is 12.8. The summed E-state index contributed by atoms with van der Waals surface area (Å²) in [7, 11) is 4.68. The molecule has 3 aromatic heterocycles. The molecule has 12 nitrogen and oxygen atoms in total. The van der Waals surface area contributed by atoms with Gasteiger partial charge < -0.3 is 19.4 Å². The van der Waals surface area contributed by atoms with E-state index in [4.69, 9.17) is 25.8 Å². The minimum Gasteiger partial charge on any atom is -0.481 e. The van der Waals surface area contributed by atoms with E-state index in [1.54, 1.807) is 27.2 Å². The Morgan fingerprint density at radius 3 is 2.56 bits per heavy atom. The molecule has 0 saturated heterocycles. The molecule has 0 radical (unpaired) electrons. The van der Waals surface area contributed by atoms with E-state index in [9.17, 15) is 5.21 Å². The van der Waals surface area contributed by atoms with Gasteiger partial charge in [0.2, 0.25) is 11.8 Å². The number of anilines is 1. The van der Waals surface area contributed by atoms with Gasteiger partial charge in [-0.1, -0.05) is 17.7 Å². The highest BCUT2D eigenvalue weighted by molar-refractivity contribution is 7.98. The Morgan fingerprint density at radius 2 is 1.91 bits per heavy atom. The van der Waals surface area contributed by atoms with Gasteiger partial charge in [0.25, 0.3) is 0 Å². The van der Waals surface area contributed by atoms with Crippen molar-refractivity contribution in [2.75, 3.05) is 32.7 Å². The van der Waals surface area contributed by atoms with Crippen molar-refractivity contribution in [2.24, 2.45) is 0 Å². The molecule has 3 aromatic rings. The minimum absolute atomic E-state index is 0.134. The summed E-state index contributed by atoms with van der Waals surface area (Å²) in [5, 5.41) is 19.6. The van der Waals surface area contributed by atoms with Gasteiger partial charge in [0.05, 0.1) is 43.0 Å². The lowest BCUT2D eigenvalue weighted by Crippen LogP contribution is -2.33. The highest BCUT2D eigenvalue weighted by atomic mass is 35.5. The standard InChI is InChI=1S/C20H27ClN8O4S/c1-12(11-31-3)28-19(15-7-6-8-16(24-15)32-4)25-26-20(28)27-34-29(30)13(2)17(33-5)18-22-9-14(21)10-23-18/h6-10,12-13,17,30H,11H2,1-5H3,(H,26,27)/t12-,13?,17?/m1/s1. The van der Waals surface area contributed by atoms with Crippen LogP contribution in [0.1, 0.15) is 31.8 Å². The Balaban J connectivity index is 1.80. The highest BCUT2D eigenvalue weighted by Gasteiger charge is 2.28. The number of aromatic nitrogens is 6. The van der Waals surface area contributed by atoms with Crippen LogP contribution in [-0.4, -0.2) is 73.4 Å². The molecule has 14 heteroatoms. The number of nitrogens with zero attached hydrogens (tertiary/aromatic N) is 7. The molecule has 0 aliphatic heterocycles. The van der Waals surface area contributed by atoms with E-state index in [2.05, 4.69) is 29.9 Å². The van der Waals surface area contributed by atoms with Crippen LogP contribution in [0.5, 0.6) is 5.88 Å². The monoisotopic (exact) mass is 510 g/mol. The van der Waals surface area contributed by atoms with Gasteiger partial charge in [-0.25, -0.2) is 15.0 Å². The van der Waals surface area contributed by atoms with Crippen LogP contribution in [-0.2, 0) is 9.47 Å². The minimum atomic E-state index is -0.613. The Morgan fingerprint density at radius 1 is 1.18 bits per heavy atom. The summed E-state index contributed by atoms with van der Waals surface area (Å²) in [6, 6.07) is 4.72. The fraction of sp³-hybridized carbons (Fsp3) is 0.450. The molecule has 0 bridgehead atoms. The van der Waals surface area contributed by atoms with E-state index in [-0.39, 0.29) is 6.04 Å². The number of nitrogens with one attached hydrogen (secondary N) is 1. The van der Waals surface area contributed by atoms with Crippen LogP contribution in [0.2, 0.25) is 5.02 Å². The van der Waals surface area contributed by atoms with Crippen LogP contribution < -0.4 is 9.46 Å². The number of hydrogen-bond donors (Lipinski definition) is 2. The van der Waals surface area contributed by atoms with E-state index in [1.165, 1.54) is 19.5 Å². The summed E-state index contributed by atoms with van der Waals surface area (Å²) >= 11 is 6.78. The molecular weight excluding hydrogens is 484 g/mol. The maximum absolute atomic E-state index is 10.7. The highest BCUT2D eigenvalue weighted by Crippen LogP contribution is 2.29. The lowest BCUT2D eigenvalue weighted by molar-refractivity contribution is -0.0760. The van der Waals surface area contributed by atoms with E-state index >= 15 is 0 Å². The number of hydrogen-bond acceptors (Lipinski definition) is 12. The first-order valence-corrected chi connectivity index (χ1v) is 11.4. The molecule has 3 atom stereocenters. The Labute approximate surface area is 206 Å². The number of hydroxylamine groups is 1. The zero-order valence-electron chi connectivity index (χ0n) is 19.4. The molecule has 34 heavy (non-hydrogen) atoms. The molecule has 0 aromatic carbocycles. The van der Waals surface area contributed by atoms with Crippen molar-refractivity contribution < 1.29 is 19.4 Å². The molecule has 0 aliphatic rings. The SMILES string of the molecule is COC[C@@H](C)n1c(NSN(O)C(C)C(OC)c2ncc(Cl)cn2)nnc1-c1cccc(OC)n1. The Kier molecular flexibility index (Phi) is 9.38. The molecular formula is C20H27ClN8O4S. The van der Waals surface area contributed by atoms with Crippen molar-refractivity contribution in [2.45, 2.75) is 32.0 Å². The van der Waals surface area contributed by atoms with Crippen LogP contribution in [0.25, 0.3) is 11.5 Å². The van der Waals surface area contributed by atoms with Crippen LogP contribution in [0.4, 0.5) is 5.95 Å². The van der Waals surface area contributed by atoms with E-state index in [0.29, 0.717) is 40.8 Å². The lowest BCUT2D eigenvalue weighted by atomic mass is 10.2. The molecule has 2 unspecified atom stereocenters. The summed E-state index contributed by atoms with van der Waals surface area (Å²) in [6.45, 7) is 4.14. The Bertz CT molecular complexity index is 1060. The topological polar surface area (TPSA) is 133 Å². The van der Waals surface area contributed by atoms with Gasteiger partial charge in [-0.3, -0.25) is 9.29 Å². The molecule has 3 heterocycles. The van der Waals surface area contributed by atoms with Crippen LogP contribution in [0.15, 0.2) is 30.6 Å². The van der Waals surface area contributed by atoms with Crippen molar-refractivity contribution in [3.8, 4) is 17.4 Å². The first kappa shape index (κ1) is 26.1. The molecule has 2 N–H and O–H groups in total. The van der Waals surface area contributed by atoms with Crippen LogP contribution in [0, 0.1) is 0 Å². The van der Waals surface area contributed by atoms with Gasteiger partial charge in [-0.15, -0.1) is 14.7 Å². The third-order valence-corrected chi connectivity index (χ3v) is 5.86. The molecule has 0 spiro atoms. The van der Waals surface area contributed by atoms with Crippen LogP contribution in [0.3, 0.4) is 0 Å². The second kappa shape index (κ2) is 12.2. The van der Waals surface area contributed by atoms with Gasteiger partial charge in [0, 0.05) is 32.7 Å². The lowest BCUT2D eigenvalue weighted by Gasteiger charge is -2.27. The number of rotatable bonds is 12. The third kappa shape index (κ3) is 6.11. The summed E-state index contributed by atoms with van der Waals surface area (Å²) in [5.74, 6) is 1.77. The number of methoxy groups -OCH3 is 3. The molecule has 0 saturated carbocycles. The van der Waals surface area contributed by atoms with Crippen molar-refractivity contribution in [3.05, 3.63) is 41.4 Å². The fourth-order valence-corrected chi connectivity index (χ4v) is 3.88. The maximum Gasteiger partial charge on any atom is 0.236 e. The summed E-state index contributed by atoms with van der Waals surface area (Å²) in [5.41, 5.74) is 0.585. The number of halogens is 1. The molecule has 0 fully saturated rings. The second-order valence-corrected chi connectivity index (χ2v) is 8.44. The smallest absolute Gasteiger partial charge is 0.236 e. The number of ether oxygens (including phenoxy) is 3. The summed E-state index contributed by atoms with van der Waals surface area (Å²) in [6.07, 6.45) is 2.34. The molecule has 184 valence electrons. The predicted octanol–water partition coefficient (Wildman–Crippen LogP) is 3.44. The third-order valence-electron chi connectivity index (χ3n) is 4.87. The molecule has 0 amide bonds. The van der Waals surface area contributed by atoms with Crippen molar-refractivity contribution in [1.29, 1.82) is 0 Å². The van der Waals surface area contributed by atoms with Gasteiger partial charge in [-0.05, 0) is 19.9 Å². The van der Waals surface area contributed by atoms with E-state index in [1.807, 2.05) is 23.6 Å². The zero-order valence-corrected chi connectivity index (χ0v) is 21.0. The normalized spacial score (nSPS) is 14.1. The largest absolute Gasteiger partial charge is 0.481 e. The van der Waals surface area contributed by atoms with E-state index in [0.717, 1.165) is 16.6 Å². The van der Waals surface area contributed by atoms with Crippen molar-refractivity contribution in [3.63, 3.8) is 0 Å². The first-order chi connectivity index (χ1) is 16.4. The van der Waals surface area contributed by atoms with Crippen LogP contribution >= 0.6 is 23.7 Å². The first-order valence-electron chi connectivity index (χ1n) is 10.3. The van der Waals surface area contributed by atoms with Crippen molar-refractivity contribution >= 4 is 29.7 Å². The average molecular weight is 511 g/mol. The van der Waals surface area contributed by atoms with Gasteiger partial charge in [-0.2, -0.15) is 0 Å². The fourth-order valence-electron chi connectivity index (χ4n) is 3.20. The molecule has 0 aliphatic carbocycles. The van der Waals surface area contributed by atoms with Gasteiger partial charge >= 0.3 is 0 Å². The second-order valence-electron chi connectivity index (χ2n) is 7.24. The van der Waals surface area contributed by atoms with Gasteiger partial charge in [0.15, 0.2) is 11.6 Å². The Hall–Kier alpha value is -2.55. The predicted molar refractivity (Wildman–Crippen MR) is 127 cm³/mol. The maximum atomic E-state index is 10.7. The quantitative estimate of drug-likeness (QED) is 0.273. The van der Waals surface area contributed by atoms with Crippen molar-refractivity contribution in [1.82, 2.24) is 34.2 Å². The number of pyridine rings is 1. The van der Waals surface area contributed by atoms with Gasteiger partial charge in [0.1, 0.15) is 11.8 Å². The van der Waals surface area contributed by atoms with E-state index < -0.39 is 12.1 Å².